The van der Waals surface area contributed by atoms with E-state index in [1.807, 2.05) is 29.8 Å². The summed E-state index contributed by atoms with van der Waals surface area (Å²) in [6.45, 7) is 2.92. The Morgan fingerprint density at radius 3 is 2.97 bits per heavy atom. The van der Waals surface area contributed by atoms with Crippen LogP contribution in [0.3, 0.4) is 0 Å². The number of allylic oxidation sites excluding steroid dienone is 2. The van der Waals surface area contributed by atoms with Gasteiger partial charge in [-0.3, -0.25) is 0 Å². The molecule has 1 unspecified atom stereocenters. The van der Waals surface area contributed by atoms with Crippen LogP contribution < -0.4 is 4.74 Å². The average Bonchev–Trinajstić information content (AvgIpc) is 3.53. The summed E-state index contributed by atoms with van der Waals surface area (Å²) >= 11 is 0. The van der Waals surface area contributed by atoms with E-state index in [0.29, 0.717) is 37.1 Å². The van der Waals surface area contributed by atoms with Crippen LogP contribution in [0, 0.1) is 6.92 Å². The van der Waals surface area contributed by atoms with Gasteiger partial charge in [0.25, 0.3) is 5.72 Å². The van der Waals surface area contributed by atoms with Crippen LogP contribution in [0.4, 0.5) is 4.39 Å². The molecule has 1 atom stereocenters. The molecular formula is C25H25FN4O3. The topological polar surface area (TPSA) is 61.1 Å². The number of halogens is 1. The van der Waals surface area contributed by atoms with E-state index < -0.39 is 5.72 Å². The molecule has 0 radical (unpaired) electrons. The number of amidine groups is 1. The molecule has 6 rings (SSSR count). The summed E-state index contributed by atoms with van der Waals surface area (Å²) in [4.78, 5) is 12.3. The maximum Gasteiger partial charge on any atom is 0.277 e. The van der Waals surface area contributed by atoms with Crippen molar-refractivity contribution < 1.29 is 18.7 Å². The minimum atomic E-state index is -0.994. The smallest absolute Gasteiger partial charge is 0.277 e. The molecule has 0 amide bonds. The van der Waals surface area contributed by atoms with E-state index in [4.69, 9.17) is 14.3 Å². The summed E-state index contributed by atoms with van der Waals surface area (Å²) in [5.74, 6) is 1.96. The number of methoxy groups -OCH3 is 1. The van der Waals surface area contributed by atoms with E-state index in [-0.39, 0.29) is 12.4 Å². The molecule has 0 bridgehead atoms. The molecule has 33 heavy (non-hydrogen) atoms. The van der Waals surface area contributed by atoms with Gasteiger partial charge in [-0.15, -0.1) is 0 Å². The molecule has 3 aliphatic heterocycles. The SMILES string of the molecule is COc1cc(CC2=CCCN3C2=NOC32COC3=C2C(F)=CCC3)ccc1-n1cnc(C)c1. The molecule has 0 fully saturated rings. The number of hydrogen-bond acceptors (Lipinski definition) is 6. The van der Waals surface area contributed by atoms with Gasteiger partial charge in [0.2, 0.25) is 0 Å². The molecule has 0 saturated heterocycles. The highest BCUT2D eigenvalue weighted by atomic mass is 19.1. The first-order valence-corrected chi connectivity index (χ1v) is 11.2. The van der Waals surface area contributed by atoms with Crippen molar-refractivity contribution in [2.45, 2.75) is 38.3 Å². The Bertz CT molecular complexity index is 1260. The number of hydrogen-bond donors (Lipinski definition) is 0. The molecule has 0 saturated carbocycles. The molecule has 7 nitrogen and oxygen atoms in total. The molecule has 4 aliphatic rings. The van der Waals surface area contributed by atoms with Crippen molar-refractivity contribution in [3.05, 3.63) is 76.9 Å². The number of oxime groups is 1. The predicted octanol–water partition coefficient (Wildman–Crippen LogP) is 4.34. The lowest BCUT2D eigenvalue weighted by atomic mass is 9.92. The highest BCUT2D eigenvalue weighted by molar-refractivity contribution is 6.00. The zero-order chi connectivity index (χ0) is 22.6. The fourth-order valence-corrected chi connectivity index (χ4v) is 5.12. The number of aryl methyl sites for hydroxylation is 1. The Morgan fingerprint density at radius 2 is 2.15 bits per heavy atom. The summed E-state index contributed by atoms with van der Waals surface area (Å²) in [7, 11) is 1.67. The quantitative estimate of drug-likeness (QED) is 0.697. The van der Waals surface area contributed by atoms with Gasteiger partial charge >= 0.3 is 0 Å². The Labute approximate surface area is 191 Å². The summed E-state index contributed by atoms with van der Waals surface area (Å²) in [5.41, 5.74) is 3.54. The second kappa shape index (κ2) is 7.50. The van der Waals surface area contributed by atoms with Gasteiger partial charge in [0.15, 0.2) is 12.4 Å². The van der Waals surface area contributed by atoms with E-state index in [2.05, 4.69) is 27.2 Å². The zero-order valence-corrected chi connectivity index (χ0v) is 18.7. The highest BCUT2D eigenvalue weighted by Crippen LogP contribution is 2.48. The molecule has 1 aromatic carbocycles. The van der Waals surface area contributed by atoms with Crippen molar-refractivity contribution in [2.24, 2.45) is 5.16 Å². The third-order valence-electron chi connectivity index (χ3n) is 6.68. The van der Waals surface area contributed by atoms with Gasteiger partial charge in [0.1, 0.15) is 17.3 Å². The third kappa shape index (κ3) is 3.08. The van der Waals surface area contributed by atoms with Gasteiger partial charge in [-0.1, -0.05) is 17.3 Å². The summed E-state index contributed by atoms with van der Waals surface area (Å²) < 4.78 is 28.3. The summed E-state index contributed by atoms with van der Waals surface area (Å²) in [6, 6.07) is 6.16. The number of rotatable bonds is 4. The first kappa shape index (κ1) is 20.1. The Balaban J connectivity index is 1.27. The van der Waals surface area contributed by atoms with Crippen molar-refractivity contribution in [1.82, 2.24) is 14.5 Å². The normalized spacial score (nSPS) is 23.5. The Kier molecular flexibility index (Phi) is 4.57. The fourth-order valence-electron chi connectivity index (χ4n) is 5.12. The van der Waals surface area contributed by atoms with E-state index >= 15 is 0 Å². The number of imidazole rings is 1. The number of ether oxygens (including phenoxy) is 2. The molecule has 170 valence electrons. The fraction of sp³-hybridized carbons (Fsp3) is 0.360. The maximum absolute atomic E-state index is 14.8. The zero-order valence-electron chi connectivity index (χ0n) is 18.7. The predicted molar refractivity (Wildman–Crippen MR) is 121 cm³/mol. The van der Waals surface area contributed by atoms with Crippen LogP contribution >= 0.6 is 0 Å². The molecular weight excluding hydrogens is 423 g/mol. The van der Waals surface area contributed by atoms with Gasteiger partial charge in [-0.25, -0.2) is 9.37 Å². The van der Waals surface area contributed by atoms with Gasteiger partial charge < -0.3 is 23.8 Å². The van der Waals surface area contributed by atoms with Crippen LogP contribution in [0.15, 0.2) is 70.8 Å². The first-order valence-electron chi connectivity index (χ1n) is 11.2. The van der Waals surface area contributed by atoms with Crippen molar-refractivity contribution in [2.75, 3.05) is 20.3 Å². The second-order valence-corrected chi connectivity index (χ2v) is 8.74. The lowest BCUT2D eigenvalue weighted by Gasteiger charge is -2.36. The number of nitrogens with zero attached hydrogens (tertiary/aromatic N) is 4. The summed E-state index contributed by atoms with van der Waals surface area (Å²) in [5, 5.41) is 4.43. The summed E-state index contributed by atoms with van der Waals surface area (Å²) in [6.07, 6.45) is 10.4. The van der Waals surface area contributed by atoms with Crippen LogP contribution in [0.25, 0.3) is 5.69 Å². The van der Waals surface area contributed by atoms with Gasteiger partial charge in [0, 0.05) is 25.6 Å². The maximum atomic E-state index is 14.8. The number of benzene rings is 1. The molecule has 0 N–H and O–H groups in total. The monoisotopic (exact) mass is 448 g/mol. The van der Waals surface area contributed by atoms with E-state index in [1.165, 1.54) is 0 Å². The van der Waals surface area contributed by atoms with Crippen molar-refractivity contribution in [3.8, 4) is 11.4 Å². The van der Waals surface area contributed by atoms with Crippen LogP contribution in [-0.4, -0.2) is 46.3 Å². The lowest BCUT2D eigenvalue weighted by Crippen LogP contribution is -2.53. The molecule has 2 aromatic rings. The minimum Gasteiger partial charge on any atom is -0.495 e. The van der Waals surface area contributed by atoms with E-state index in [9.17, 15) is 4.39 Å². The van der Waals surface area contributed by atoms with Crippen molar-refractivity contribution >= 4 is 5.84 Å². The highest BCUT2D eigenvalue weighted by Gasteiger charge is 2.57. The first-order chi connectivity index (χ1) is 16.1. The van der Waals surface area contributed by atoms with Gasteiger partial charge in [0.05, 0.1) is 30.4 Å². The largest absolute Gasteiger partial charge is 0.495 e. The van der Waals surface area contributed by atoms with Crippen LogP contribution in [0.5, 0.6) is 5.75 Å². The molecule has 1 spiro atoms. The lowest BCUT2D eigenvalue weighted by molar-refractivity contribution is -0.0856. The van der Waals surface area contributed by atoms with E-state index in [0.717, 1.165) is 40.5 Å². The number of fused-ring (bicyclic) bond motifs is 3. The minimum absolute atomic E-state index is 0.253. The molecule has 8 heteroatoms. The Morgan fingerprint density at radius 1 is 1.24 bits per heavy atom. The molecule has 1 aliphatic carbocycles. The van der Waals surface area contributed by atoms with Crippen LogP contribution in [0.2, 0.25) is 0 Å². The Hall–Kier alpha value is -3.55. The van der Waals surface area contributed by atoms with Crippen molar-refractivity contribution in [3.63, 3.8) is 0 Å². The average molecular weight is 448 g/mol. The molecule has 4 heterocycles. The van der Waals surface area contributed by atoms with Crippen molar-refractivity contribution in [1.29, 1.82) is 0 Å². The second-order valence-electron chi connectivity index (χ2n) is 8.74. The third-order valence-corrected chi connectivity index (χ3v) is 6.68. The standard InChI is InChI=1S/C25H25FN4O3/c1-16-13-29(15-27-16)20-9-8-17(12-22(20)31-2)11-18-5-4-10-30-24(18)28-33-25(30)14-32-21-7-3-6-19(26)23(21)25/h5-6,8-9,12-13,15H,3-4,7,10-11,14H2,1-2H3. The van der Waals surface area contributed by atoms with Gasteiger partial charge in [-0.05, 0) is 49.1 Å². The van der Waals surface area contributed by atoms with Crippen LogP contribution in [-0.2, 0) is 16.0 Å². The van der Waals surface area contributed by atoms with Crippen LogP contribution in [0.1, 0.15) is 30.5 Å². The molecule has 1 aromatic heterocycles. The van der Waals surface area contributed by atoms with E-state index in [1.54, 1.807) is 19.5 Å². The number of aromatic nitrogens is 2. The van der Waals surface area contributed by atoms with Gasteiger partial charge in [-0.2, -0.15) is 0 Å².